The molecule has 19 heavy (non-hydrogen) atoms. The number of hydrogen-bond acceptors (Lipinski definition) is 3. The Labute approximate surface area is 111 Å². The Kier molecular flexibility index (Phi) is 5.00. The van der Waals surface area contributed by atoms with E-state index in [0.29, 0.717) is 0 Å². The molecule has 1 rings (SSSR count). The van der Waals surface area contributed by atoms with E-state index in [4.69, 9.17) is 6.42 Å². The van der Waals surface area contributed by atoms with Gasteiger partial charge in [-0.3, -0.25) is 0 Å². The van der Waals surface area contributed by atoms with Crippen LogP contribution in [0.25, 0.3) is 0 Å². The Morgan fingerprint density at radius 1 is 1.42 bits per heavy atom. The van der Waals surface area contributed by atoms with Gasteiger partial charge in [0.2, 0.25) is 10.0 Å². The van der Waals surface area contributed by atoms with Crippen molar-refractivity contribution in [3.63, 3.8) is 0 Å². The SMILES string of the molecule is C#CCN(C)S(=O)(=O)c1ccc(F)c(CNC)c1F. The molecule has 0 saturated carbocycles. The molecule has 0 unspecified atom stereocenters. The van der Waals surface area contributed by atoms with E-state index < -0.39 is 26.6 Å². The molecule has 104 valence electrons. The minimum atomic E-state index is -4.07. The maximum Gasteiger partial charge on any atom is 0.246 e. The van der Waals surface area contributed by atoms with Gasteiger partial charge in [-0.1, -0.05) is 5.92 Å². The molecular formula is C12H14F2N2O2S. The van der Waals surface area contributed by atoms with Gasteiger partial charge in [0.25, 0.3) is 0 Å². The highest BCUT2D eigenvalue weighted by Crippen LogP contribution is 2.23. The number of terminal acetylenes is 1. The van der Waals surface area contributed by atoms with Gasteiger partial charge in [0.05, 0.1) is 6.54 Å². The third kappa shape index (κ3) is 3.10. The van der Waals surface area contributed by atoms with Gasteiger partial charge in [0.1, 0.15) is 10.7 Å². The summed E-state index contributed by atoms with van der Waals surface area (Å²) in [4.78, 5) is -0.586. The maximum atomic E-state index is 14.1. The fourth-order valence-corrected chi connectivity index (χ4v) is 2.67. The first kappa shape index (κ1) is 15.6. The van der Waals surface area contributed by atoms with Crippen molar-refractivity contribution in [2.24, 2.45) is 0 Å². The largest absolute Gasteiger partial charge is 0.315 e. The Morgan fingerprint density at radius 3 is 2.58 bits per heavy atom. The smallest absolute Gasteiger partial charge is 0.246 e. The zero-order chi connectivity index (χ0) is 14.6. The average Bonchev–Trinajstić information content (AvgIpc) is 2.34. The third-order valence-corrected chi connectivity index (χ3v) is 4.33. The number of sulfonamides is 1. The molecule has 0 saturated heterocycles. The highest BCUT2D eigenvalue weighted by Gasteiger charge is 2.26. The lowest BCUT2D eigenvalue weighted by molar-refractivity contribution is 0.483. The van der Waals surface area contributed by atoms with Crippen molar-refractivity contribution in [3.05, 3.63) is 29.3 Å². The Morgan fingerprint density at radius 2 is 2.05 bits per heavy atom. The van der Waals surface area contributed by atoms with E-state index in [1.807, 2.05) is 0 Å². The normalized spacial score (nSPS) is 11.6. The van der Waals surface area contributed by atoms with Gasteiger partial charge in [0.15, 0.2) is 5.82 Å². The van der Waals surface area contributed by atoms with Crippen LogP contribution in [0.15, 0.2) is 17.0 Å². The first-order valence-electron chi connectivity index (χ1n) is 5.37. The van der Waals surface area contributed by atoms with E-state index in [-0.39, 0.29) is 18.7 Å². The van der Waals surface area contributed by atoms with Gasteiger partial charge in [-0.25, -0.2) is 17.2 Å². The summed E-state index contributed by atoms with van der Waals surface area (Å²) in [7, 11) is -1.33. The Bertz CT molecular complexity index is 609. The lowest BCUT2D eigenvalue weighted by Gasteiger charge is -2.16. The second-order valence-electron chi connectivity index (χ2n) is 3.83. The monoisotopic (exact) mass is 288 g/mol. The maximum absolute atomic E-state index is 14.1. The molecule has 0 bridgehead atoms. The fraction of sp³-hybridized carbons (Fsp3) is 0.333. The van der Waals surface area contributed by atoms with Crippen LogP contribution in [0.5, 0.6) is 0 Å². The van der Waals surface area contributed by atoms with Crippen LogP contribution in [0, 0.1) is 24.0 Å². The van der Waals surface area contributed by atoms with Gasteiger partial charge in [-0.05, 0) is 19.2 Å². The molecule has 0 spiro atoms. The predicted octanol–water partition coefficient (Wildman–Crippen LogP) is 0.938. The molecule has 0 aliphatic rings. The second-order valence-corrected chi connectivity index (χ2v) is 5.85. The number of hydrogen-bond donors (Lipinski definition) is 1. The van der Waals surface area contributed by atoms with Crippen LogP contribution in [-0.4, -0.2) is 33.4 Å². The van der Waals surface area contributed by atoms with Gasteiger partial charge >= 0.3 is 0 Å². The van der Waals surface area contributed by atoms with Crippen LogP contribution in [0.1, 0.15) is 5.56 Å². The van der Waals surface area contributed by atoms with Crippen LogP contribution in [0.2, 0.25) is 0 Å². The fourth-order valence-electron chi connectivity index (χ4n) is 1.50. The van der Waals surface area contributed by atoms with Crippen LogP contribution in [-0.2, 0) is 16.6 Å². The van der Waals surface area contributed by atoms with Crippen molar-refractivity contribution >= 4 is 10.0 Å². The summed E-state index contributed by atoms with van der Waals surface area (Å²) in [5.74, 6) is 0.252. The zero-order valence-electron chi connectivity index (χ0n) is 10.6. The molecule has 0 aliphatic carbocycles. The number of nitrogens with zero attached hydrogens (tertiary/aromatic N) is 1. The molecule has 7 heteroatoms. The predicted molar refractivity (Wildman–Crippen MR) is 67.8 cm³/mol. The van der Waals surface area contributed by atoms with E-state index in [2.05, 4.69) is 11.2 Å². The molecule has 0 radical (unpaired) electrons. The summed E-state index contributed by atoms with van der Waals surface area (Å²) in [5.41, 5.74) is -0.322. The molecule has 0 atom stereocenters. The minimum absolute atomic E-state index is 0.111. The average molecular weight is 288 g/mol. The molecule has 0 amide bonds. The van der Waals surface area contributed by atoms with Crippen LogP contribution < -0.4 is 5.32 Å². The highest BCUT2D eigenvalue weighted by molar-refractivity contribution is 7.89. The number of halogens is 2. The Balaban J connectivity index is 3.37. The molecular weight excluding hydrogens is 274 g/mol. The summed E-state index contributed by atoms with van der Waals surface area (Å²) >= 11 is 0. The van der Waals surface area contributed by atoms with E-state index in [9.17, 15) is 17.2 Å². The standard InChI is InChI=1S/C12H14F2N2O2S/c1-4-7-16(3)19(17,18)11-6-5-10(13)9(8-15-2)12(11)14/h1,5-6,15H,7-8H2,2-3H3. The molecule has 1 aromatic carbocycles. The molecule has 1 aromatic rings. The topological polar surface area (TPSA) is 49.4 Å². The number of benzene rings is 1. The molecule has 0 aromatic heterocycles. The number of nitrogens with one attached hydrogen (secondary N) is 1. The van der Waals surface area contributed by atoms with E-state index in [1.165, 1.54) is 14.1 Å². The summed E-state index contributed by atoms with van der Waals surface area (Å²) in [6.07, 6.45) is 5.02. The first-order chi connectivity index (χ1) is 8.86. The van der Waals surface area contributed by atoms with Crippen LogP contribution in [0.3, 0.4) is 0 Å². The summed E-state index contributed by atoms with van der Waals surface area (Å²) in [6.45, 7) is -0.305. The van der Waals surface area contributed by atoms with Crippen molar-refractivity contribution in [1.82, 2.24) is 9.62 Å². The molecule has 4 nitrogen and oxygen atoms in total. The van der Waals surface area contributed by atoms with Crippen molar-refractivity contribution < 1.29 is 17.2 Å². The highest BCUT2D eigenvalue weighted by atomic mass is 32.2. The van der Waals surface area contributed by atoms with Crippen molar-refractivity contribution in [3.8, 4) is 12.3 Å². The summed E-state index contributed by atoms with van der Waals surface area (Å²) in [5, 5.41) is 2.58. The Hall–Kier alpha value is -1.49. The summed E-state index contributed by atoms with van der Waals surface area (Å²) in [6, 6.07) is 1.82. The van der Waals surface area contributed by atoms with Crippen molar-refractivity contribution in [2.45, 2.75) is 11.4 Å². The van der Waals surface area contributed by atoms with E-state index >= 15 is 0 Å². The first-order valence-corrected chi connectivity index (χ1v) is 6.81. The van der Waals surface area contributed by atoms with Gasteiger partial charge in [0, 0.05) is 19.2 Å². The zero-order valence-corrected chi connectivity index (χ0v) is 11.4. The molecule has 0 fully saturated rings. The second kappa shape index (κ2) is 6.10. The van der Waals surface area contributed by atoms with E-state index in [0.717, 1.165) is 16.4 Å². The molecule has 0 aliphatic heterocycles. The van der Waals surface area contributed by atoms with Crippen molar-refractivity contribution in [2.75, 3.05) is 20.6 Å². The van der Waals surface area contributed by atoms with Gasteiger partial charge < -0.3 is 5.32 Å². The molecule has 1 N–H and O–H groups in total. The third-order valence-electron chi connectivity index (χ3n) is 2.51. The van der Waals surface area contributed by atoms with Crippen molar-refractivity contribution in [1.29, 1.82) is 0 Å². The van der Waals surface area contributed by atoms with Crippen LogP contribution >= 0.6 is 0 Å². The molecule has 0 heterocycles. The van der Waals surface area contributed by atoms with Gasteiger partial charge in [-0.2, -0.15) is 4.31 Å². The quantitative estimate of drug-likeness (QED) is 0.820. The summed E-state index contributed by atoms with van der Waals surface area (Å²) < 4.78 is 52.5. The van der Waals surface area contributed by atoms with Crippen LogP contribution in [0.4, 0.5) is 8.78 Å². The van der Waals surface area contributed by atoms with E-state index in [1.54, 1.807) is 0 Å². The lowest BCUT2D eigenvalue weighted by Crippen LogP contribution is -2.28. The van der Waals surface area contributed by atoms with Gasteiger partial charge in [-0.15, -0.1) is 6.42 Å². The number of rotatable bonds is 5. The lowest BCUT2D eigenvalue weighted by atomic mass is 10.2. The minimum Gasteiger partial charge on any atom is -0.315 e.